The van der Waals surface area contributed by atoms with Gasteiger partial charge < -0.3 is 14.7 Å². The van der Waals surface area contributed by atoms with Gasteiger partial charge in [-0.05, 0) is 30.7 Å². The van der Waals surface area contributed by atoms with Crippen molar-refractivity contribution in [2.45, 2.75) is 26.4 Å². The first kappa shape index (κ1) is 16.3. The lowest BCUT2D eigenvalue weighted by Gasteiger charge is -2.34. The van der Waals surface area contributed by atoms with Gasteiger partial charge in [0.05, 0.1) is 0 Å². The van der Waals surface area contributed by atoms with Gasteiger partial charge in [-0.1, -0.05) is 26.0 Å². The molecule has 1 atom stereocenters. The molecule has 1 unspecified atom stereocenters. The molecule has 21 heavy (non-hydrogen) atoms. The summed E-state index contributed by atoms with van der Waals surface area (Å²) in [7, 11) is 0. The molecule has 1 heterocycles. The van der Waals surface area contributed by atoms with Gasteiger partial charge in [-0.25, -0.2) is 0 Å². The zero-order valence-electron chi connectivity index (χ0n) is 13.3. The van der Waals surface area contributed by atoms with E-state index in [2.05, 4.69) is 35.8 Å². The number of piperazine rings is 1. The third kappa shape index (κ3) is 5.30. The monoisotopic (exact) mass is 292 g/mol. The summed E-state index contributed by atoms with van der Waals surface area (Å²) < 4.78 is 5.66. The van der Waals surface area contributed by atoms with Crippen LogP contribution in [0.5, 0.6) is 5.75 Å². The Morgan fingerprint density at radius 2 is 1.67 bits per heavy atom. The molecule has 4 heteroatoms. The minimum absolute atomic E-state index is 0.361. The van der Waals surface area contributed by atoms with E-state index in [4.69, 9.17) is 4.74 Å². The summed E-state index contributed by atoms with van der Waals surface area (Å²) in [4.78, 5) is 4.76. The lowest BCUT2D eigenvalue weighted by molar-refractivity contribution is 0.0471. The topological polar surface area (TPSA) is 35.9 Å². The molecule has 0 spiro atoms. The Kier molecular flexibility index (Phi) is 6.49. The van der Waals surface area contributed by atoms with Crippen LogP contribution in [0.2, 0.25) is 0 Å². The Labute approximate surface area is 128 Å². The van der Waals surface area contributed by atoms with Crippen molar-refractivity contribution < 1.29 is 9.84 Å². The van der Waals surface area contributed by atoms with Crippen LogP contribution in [0.4, 0.5) is 0 Å². The molecule has 0 amide bonds. The zero-order chi connectivity index (χ0) is 15.1. The standard InChI is InChI=1S/C17H28N2O2/c1-3-15-5-7-17(8-6-15)21-14-16(20)13-19-11-9-18(4-2)10-12-19/h5-8,16,20H,3-4,9-14H2,1-2H3. The molecule has 0 radical (unpaired) electrons. The molecular weight excluding hydrogens is 264 g/mol. The van der Waals surface area contributed by atoms with E-state index in [0.29, 0.717) is 13.2 Å². The van der Waals surface area contributed by atoms with Crippen molar-refractivity contribution in [2.75, 3.05) is 45.9 Å². The molecule has 1 aliphatic heterocycles. The van der Waals surface area contributed by atoms with E-state index in [9.17, 15) is 5.11 Å². The van der Waals surface area contributed by atoms with E-state index in [1.165, 1.54) is 5.56 Å². The number of aliphatic hydroxyl groups is 1. The molecule has 1 aromatic rings. The van der Waals surface area contributed by atoms with E-state index in [0.717, 1.165) is 44.9 Å². The molecule has 1 aromatic carbocycles. The minimum atomic E-state index is -0.427. The Morgan fingerprint density at radius 3 is 2.24 bits per heavy atom. The molecule has 4 nitrogen and oxygen atoms in total. The zero-order valence-corrected chi connectivity index (χ0v) is 13.3. The highest BCUT2D eigenvalue weighted by Crippen LogP contribution is 2.13. The second-order valence-corrected chi connectivity index (χ2v) is 5.70. The van der Waals surface area contributed by atoms with E-state index in [1.807, 2.05) is 12.1 Å². The minimum Gasteiger partial charge on any atom is -0.491 e. The number of likely N-dealkylation sites (N-methyl/N-ethyl adjacent to an activating group) is 1. The molecule has 1 N–H and O–H groups in total. The smallest absolute Gasteiger partial charge is 0.119 e. The molecular formula is C17H28N2O2. The molecule has 0 aromatic heterocycles. The third-order valence-electron chi connectivity index (χ3n) is 4.16. The highest BCUT2D eigenvalue weighted by molar-refractivity contribution is 5.27. The molecule has 0 aliphatic carbocycles. The maximum atomic E-state index is 10.1. The summed E-state index contributed by atoms with van der Waals surface area (Å²) in [6.07, 6.45) is 0.608. The first-order valence-electron chi connectivity index (χ1n) is 8.05. The average Bonchev–Trinajstić information content (AvgIpc) is 2.54. The highest BCUT2D eigenvalue weighted by Gasteiger charge is 2.18. The van der Waals surface area contributed by atoms with Crippen LogP contribution in [0.25, 0.3) is 0 Å². The van der Waals surface area contributed by atoms with Crippen molar-refractivity contribution in [3.05, 3.63) is 29.8 Å². The van der Waals surface area contributed by atoms with Gasteiger partial charge >= 0.3 is 0 Å². The first-order chi connectivity index (χ1) is 10.2. The molecule has 1 saturated heterocycles. The van der Waals surface area contributed by atoms with Gasteiger partial charge in [-0.3, -0.25) is 4.90 Å². The second kappa shape index (κ2) is 8.37. The van der Waals surface area contributed by atoms with Crippen molar-refractivity contribution in [1.82, 2.24) is 9.80 Å². The predicted octanol–water partition coefficient (Wildman–Crippen LogP) is 1.63. The average molecular weight is 292 g/mol. The summed E-state index contributed by atoms with van der Waals surface area (Å²) >= 11 is 0. The van der Waals surface area contributed by atoms with Gasteiger partial charge in [0.1, 0.15) is 18.5 Å². The predicted molar refractivity (Wildman–Crippen MR) is 85.9 cm³/mol. The lowest BCUT2D eigenvalue weighted by atomic mass is 10.2. The van der Waals surface area contributed by atoms with Crippen LogP contribution >= 0.6 is 0 Å². The van der Waals surface area contributed by atoms with Crippen LogP contribution < -0.4 is 4.74 Å². The Bertz CT molecular complexity index is 400. The molecule has 0 bridgehead atoms. The first-order valence-corrected chi connectivity index (χ1v) is 8.05. The molecule has 1 aliphatic rings. The maximum Gasteiger partial charge on any atom is 0.119 e. The normalized spacial score (nSPS) is 18.6. The molecule has 118 valence electrons. The number of hydrogen-bond acceptors (Lipinski definition) is 4. The quantitative estimate of drug-likeness (QED) is 0.828. The summed E-state index contributed by atoms with van der Waals surface area (Å²) in [5.41, 5.74) is 1.30. The molecule has 1 fully saturated rings. The SMILES string of the molecule is CCc1ccc(OCC(O)CN2CCN(CC)CC2)cc1. The van der Waals surface area contributed by atoms with Crippen molar-refractivity contribution >= 4 is 0 Å². The fraction of sp³-hybridized carbons (Fsp3) is 0.647. The van der Waals surface area contributed by atoms with Gasteiger partial charge in [0.15, 0.2) is 0 Å². The van der Waals surface area contributed by atoms with Crippen molar-refractivity contribution in [3.8, 4) is 5.75 Å². The number of aryl methyl sites for hydroxylation is 1. The fourth-order valence-electron chi connectivity index (χ4n) is 2.65. The number of aliphatic hydroxyl groups excluding tert-OH is 1. The third-order valence-corrected chi connectivity index (χ3v) is 4.16. The number of β-amino-alcohol motifs (C(OH)–C–C–N with tert-alkyl or cyclic N) is 1. The van der Waals surface area contributed by atoms with Crippen molar-refractivity contribution in [3.63, 3.8) is 0 Å². The number of nitrogens with zero attached hydrogens (tertiary/aromatic N) is 2. The lowest BCUT2D eigenvalue weighted by Crippen LogP contribution is -2.49. The van der Waals surface area contributed by atoms with Crippen molar-refractivity contribution in [1.29, 1.82) is 0 Å². The van der Waals surface area contributed by atoms with Crippen LogP contribution in [0.15, 0.2) is 24.3 Å². The van der Waals surface area contributed by atoms with E-state index in [1.54, 1.807) is 0 Å². The molecule has 2 rings (SSSR count). The number of benzene rings is 1. The van der Waals surface area contributed by atoms with Crippen LogP contribution in [0, 0.1) is 0 Å². The van der Waals surface area contributed by atoms with Crippen LogP contribution in [0.1, 0.15) is 19.4 Å². The van der Waals surface area contributed by atoms with Crippen molar-refractivity contribution in [2.24, 2.45) is 0 Å². The van der Waals surface area contributed by atoms with Gasteiger partial charge in [-0.2, -0.15) is 0 Å². The van der Waals surface area contributed by atoms with E-state index < -0.39 is 6.10 Å². The second-order valence-electron chi connectivity index (χ2n) is 5.70. The highest BCUT2D eigenvalue weighted by atomic mass is 16.5. The number of rotatable bonds is 7. The van der Waals surface area contributed by atoms with E-state index >= 15 is 0 Å². The van der Waals surface area contributed by atoms with Crippen LogP contribution in [0.3, 0.4) is 0 Å². The van der Waals surface area contributed by atoms with Gasteiger partial charge in [0.25, 0.3) is 0 Å². The summed E-state index contributed by atoms with van der Waals surface area (Å²) in [5.74, 6) is 0.835. The largest absolute Gasteiger partial charge is 0.491 e. The maximum absolute atomic E-state index is 10.1. The van der Waals surface area contributed by atoms with Gasteiger partial charge in [-0.15, -0.1) is 0 Å². The molecule has 0 saturated carbocycles. The Morgan fingerprint density at radius 1 is 1.05 bits per heavy atom. The summed E-state index contributed by atoms with van der Waals surface area (Å²) in [6, 6.07) is 8.11. The van der Waals surface area contributed by atoms with Gasteiger partial charge in [0, 0.05) is 32.7 Å². The fourth-order valence-corrected chi connectivity index (χ4v) is 2.65. The number of ether oxygens (including phenoxy) is 1. The summed E-state index contributed by atoms with van der Waals surface area (Å²) in [6.45, 7) is 10.8. The van der Waals surface area contributed by atoms with E-state index in [-0.39, 0.29) is 0 Å². The van der Waals surface area contributed by atoms with Crippen LogP contribution in [-0.2, 0) is 6.42 Å². The van der Waals surface area contributed by atoms with Crippen LogP contribution in [-0.4, -0.2) is 66.9 Å². The van der Waals surface area contributed by atoms with Gasteiger partial charge in [0.2, 0.25) is 0 Å². The Balaban J connectivity index is 1.68. The number of hydrogen-bond donors (Lipinski definition) is 1. The summed E-state index contributed by atoms with van der Waals surface area (Å²) in [5, 5.41) is 10.1. The Hall–Kier alpha value is -1.10.